The second-order valence-electron chi connectivity index (χ2n) is 6.49. The number of amides is 1. The van der Waals surface area contributed by atoms with Crippen LogP contribution in [0.4, 0.5) is 22.0 Å². The van der Waals surface area contributed by atoms with Crippen molar-refractivity contribution in [1.29, 1.82) is 0 Å². The molecule has 0 saturated carbocycles. The summed E-state index contributed by atoms with van der Waals surface area (Å²) in [5, 5.41) is 6.58. The van der Waals surface area contributed by atoms with Gasteiger partial charge in [0.2, 0.25) is 11.7 Å². The van der Waals surface area contributed by atoms with Gasteiger partial charge >= 0.3 is 6.18 Å². The van der Waals surface area contributed by atoms with Gasteiger partial charge in [0.15, 0.2) is 5.82 Å². The highest BCUT2D eigenvalue weighted by Crippen LogP contribution is 2.29. The summed E-state index contributed by atoms with van der Waals surface area (Å²) in [4.78, 5) is 25.6. The first kappa shape index (κ1) is 19.9. The number of Topliss-reactive ketones (excluding diaryl/α,β-unsaturated/α-hetero) is 1. The third-order valence-electron chi connectivity index (χ3n) is 4.42. The summed E-state index contributed by atoms with van der Waals surface area (Å²) < 4.78 is 66.4. The molecule has 3 rings (SSSR count). The minimum atomic E-state index is -4.65. The number of benzene rings is 1. The van der Waals surface area contributed by atoms with Crippen molar-refractivity contribution in [2.24, 2.45) is 0 Å². The zero-order valence-corrected chi connectivity index (χ0v) is 14.7. The van der Waals surface area contributed by atoms with E-state index in [2.05, 4.69) is 10.2 Å². The Balaban J connectivity index is 1.64. The maximum atomic E-state index is 13.7. The minimum absolute atomic E-state index is 0.0232. The van der Waals surface area contributed by atoms with Gasteiger partial charge in [-0.2, -0.15) is 13.2 Å². The van der Waals surface area contributed by atoms with Gasteiger partial charge in [-0.15, -0.1) is 10.2 Å². The number of rotatable bonds is 4. The molecule has 1 aliphatic heterocycles. The van der Waals surface area contributed by atoms with Gasteiger partial charge in [0.05, 0.1) is 13.0 Å². The molecule has 28 heavy (non-hydrogen) atoms. The van der Waals surface area contributed by atoms with E-state index in [9.17, 15) is 31.5 Å². The Labute approximate surface area is 156 Å². The molecule has 1 aromatic carbocycles. The van der Waals surface area contributed by atoms with Crippen molar-refractivity contribution in [1.82, 2.24) is 19.7 Å². The fraction of sp³-hybridized carbons (Fsp3) is 0.412. The highest BCUT2D eigenvalue weighted by Gasteiger charge is 2.40. The van der Waals surface area contributed by atoms with Crippen LogP contribution < -0.4 is 0 Å². The molecule has 2 heterocycles. The average molecular weight is 402 g/mol. The Morgan fingerprint density at radius 2 is 1.82 bits per heavy atom. The van der Waals surface area contributed by atoms with E-state index in [-0.39, 0.29) is 43.0 Å². The molecule has 0 atom stereocenters. The summed E-state index contributed by atoms with van der Waals surface area (Å²) in [6, 6.07) is 1.88. The summed E-state index contributed by atoms with van der Waals surface area (Å²) in [5.41, 5.74) is 0.149. The van der Waals surface area contributed by atoms with Gasteiger partial charge in [0.1, 0.15) is 17.4 Å². The van der Waals surface area contributed by atoms with Crippen LogP contribution in [0.25, 0.3) is 0 Å². The van der Waals surface area contributed by atoms with Gasteiger partial charge in [-0.3, -0.25) is 9.59 Å². The second-order valence-corrected chi connectivity index (χ2v) is 6.49. The van der Waals surface area contributed by atoms with Crippen LogP contribution in [0.1, 0.15) is 29.2 Å². The van der Waals surface area contributed by atoms with E-state index in [4.69, 9.17) is 0 Å². The maximum absolute atomic E-state index is 13.7. The SMILES string of the molecule is Cc1cc(CC(=O)CC(=O)N2CCn3c(nnc3C(F)(F)F)C2)c(F)cc1F. The standard InChI is InChI=1S/C17H15F5N4O2/c1-9-4-10(13(19)7-12(9)18)5-11(27)6-15(28)25-2-3-26-14(8-25)23-24-16(26)17(20,21)22/h4,7H,2-3,5-6,8H2,1H3. The first-order valence-electron chi connectivity index (χ1n) is 8.29. The van der Waals surface area contributed by atoms with Gasteiger partial charge in [0.25, 0.3) is 0 Å². The molecule has 1 aliphatic rings. The van der Waals surface area contributed by atoms with Crippen molar-refractivity contribution in [3.8, 4) is 0 Å². The lowest BCUT2D eigenvalue weighted by Crippen LogP contribution is -2.40. The van der Waals surface area contributed by atoms with E-state index in [1.165, 1.54) is 17.9 Å². The number of aryl methyl sites for hydroxylation is 1. The Hall–Kier alpha value is -2.85. The Bertz CT molecular complexity index is 938. The first-order chi connectivity index (χ1) is 13.1. The zero-order chi connectivity index (χ0) is 20.6. The van der Waals surface area contributed by atoms with Crippen molar-refractivity contribution < 1.29 is 31.5 Å². The molecular weight excluding hydrogens is 387 g/mol. The number of halogens is 5. The molecule has 11 heteroatoms. The quantitative estimate of drug-likeness (QED) is 0.582. The van der Waals surface area contributed by atoms with Crippen LogP contribution in [0.15, 0.2) is 12.1 Å². The summed E-state index contributed by atoms with van der Waals surface area (Å²) in [6.45, 7) is 1.03. The van der Waals surface area contributed by atoms with E-state index in [0.717, 1.165) is 4.57 Å². The highest BCUT2D eigenvalue weighted by atomic mass is 19.4. The lowest BCUT2D eigenvalue weighted by Gasteiger charge is -2.28. The smallest absolute Gasteiger partial charge is 0.333 e. The molecule has 150 valence electrons. The summed E-state index contributed by atoms with van der Waals surface area (Å²) >= 11 is 0. The van der Waals surface area contributed by atoms with Crippen LogP contribution in [0.2, 0.25) is 0 Å². The molecule has 1 aromatic heterocycles. The monoisotopic (exact) mass is 402 g/mol. The summed E-state index contributed by atoms with van der Waals surface area (Å²) in [7, 11) is 0. The number of ketones is 1. The third-order valence-corrected chi connectivity index (χ3v) is 4.42. The summed E-state index contributed by atoms with van der Waals surface area (Å²) in [5.74, 6) is -3.97. The van der Waals surface area contributed by atoms with Crippen LogP contribution in [-0.2, 0) is 35.3 Å². The number of hydrogen-bond acceptors (Lipinski definition) is 4. The number of aromatic nitrogens is 3. The van der Waals surface area contributed by atoms with Crippen molar-refractivity contribution in [2.45, 2.75) is 39.0 Å². The highest BCUT2D eigenvalue weighted by molar-refractivity contribution is 5.98. The molecular formula is C17H15F5N4O2. The molecule has 0 radical (unpaired) electrons. The fourth-order valence-corrected chi connectivity index (χ4v) is 2.99. The number of carbonyl (C=O) groups excluding carboxylic acids is 2. The second kappa shape index (κ2) is 7.28. The van der Waals surface area contributed by atoms with Crippen molar-refractivity contribution in [3.63, 3.8) is 0 Å². The lowest BCUT2D eigenvalue weighted by atomic mass is 10.0. The fourth-order valence-electron chi connectivity index (χ4n) is 2.99. The maximum Gasteiger partial charge on any atom is 0.451 e. The molecule has 0 saturated heterocycles. The van der Waals surface area contributed by atoms with Crippen molar-refractivity contribution >= 4 is 11.7 Å². The van der Waals surface area contributed by atoms with Crippen LogP contribution in [-0.4, -0.2) is 37.9 Å². The van der Waals surface area contributed by atoms with Gasteiger partial charge in [-0.05, 0) is 24.1 Å². The average Bonchev–Trinajstić information content (AvgIpc) is 3.03. The molecule has 2 aromatic rings. The topological polar surface area (TPSA) is 68.1 Å². The van der Waals surface area contributed by atoms with Crippen LogP contribution in [0, 0.1) is 18.6 Å². The third kappa shape index (κ3) is 4.02. The number of fused-ring (bicyclic) bond motifs is 1. The molecule has 0 bridgehead atoms. The normalized spacial score (nSPS) is 14.1. The Kier molecular flexibility index (Phi) is 5.18. The van der Waals surface area contributed by atoms with E-state index in [0.29, 0.717) is 6.07 Å². The van der Waals surface area contributed by atoms with Crippen molar-refractivity contribution in [2.75, 3.05) is 6.54 Å². The first-order valence-corrected chi connectivity index (χ1v) is 8.29. The Morgan fingerprint density at radius 1 is 1.11 bits per heavy atom. The van der Waals surface area contributed by atoms with Crippen LogP contribution in [0.3, 0.4) is 0 Å². The van der Waals surface area contributed by atoms with Gasteiger partial charge in [-0.25, -0.2) is 8.78 Å². The largest absolute Gasteiger partial charge is 0.451 e. The van der Waals surface area contributed by atoms with E-state index < -0.39 is 41.7 Å². The van der Waals surface area contributed by atoms with Crippen LogP contribution in [0.5, 0.6) is 0 Å². The molecule has 0 unspecified atom stereocenters. The van der Waals surface area contributed by atoms with Gasteiger partial charge in [0, 0.05) is 25.6 Å². The number of hydrogen-bond donors (Lipinski definition) is 0. The molecule has 0 N–H and O–H groups in total. The number of carbonyl (C=O) groups is 2. The molecule has 0 spiro atoms. The lowest BCUT2D eigenvalue weighted by molar-refractivity contribution is -0.148. The zero-order valence-electron chi connectivity index (χ0n) is 14.7. The Morgan fingerprint density at radius 3 is 2.50 bits per heavy atom. The molecule has 6 nitrogen and oxygen atoms in total. The van der Waals surface area contributed by atoms with E-state index >= 15 is 0 Å². The molecule has 1 amide bonds. The van der Waals surface area contributed by atoms with Crippen molar-refractivity contribution in [3.05, 3.63) is 46.5 Å². The van der Waals surface area contributed by atoms with Gasteiger partial charge in [-0.1, -0.05) is 0 Å². The number of alkyl halides is 3. The van der Waals surface area contributed by atoms with E-state index in [1.54, 1.807) is 0 Å². The van der Waals surface area contributed by atoms with Gasteiger partial charge < -0.3 is 9.47 Å². The predicted molar refractivity (Wildman–Crippen MR) is 84.9 cm³/mol. The predicted octanol–water partition coefficient (Wildman–Crippen LogP) is 2.43. The number of nitrogens with zero attached hydrogens (tertiary/aromatic N) is 4. The van der Waals surface area contributed by atoms with Crippen LogP contribution >= 0.6 is 0 Å². The molecule has 0 fully saturated rings. The van der Waals surface area contributed by atoms with E-state index in [1.807, 2.05) is 0 Å². The minimum Gasteiger partial charge on any atom is -0.333 e. The summed E-state index contributed by atoms with van der Waals surface area (Å²) in [6.07, 6.45) is -5.58. The molecule has 0 aliphatic carbocycles.